The van der Waals surface area contributed by atoms with Crippen molar-refractivity contribution >= 4 is 26.5 Å². The zero-order valence-corrected chi connectivity index (χ0v) is 14.8. The summed E-state index contributed by atoms with van der Waals surface area (Å²) in [6.07, 6.45) is 2.95. The van der Waals surface area contributed by atoms with Gasteiger partial charge in [-0.15, -0.1) is 11.3 Å². The first-order valence-electron chi connectivity index (χ1n) is 7.91. The molecular formula is C16H21N3O2S2. The fourth-order valence-electron chi connectivity index (χ4n) is 2.59. The summed E-state index contributed by atoms with van der Waals surface area (Å²) in [7, 11) is -3.34. The summed E-state index contributed by atoms with van der Waals surface area (Å²) in [5.41, 5.74) is 1.81. The van der Waals surface area contributed by atoms with E-state index >= 15 is 0 Å². The number of nitrogens with zero attached hydrogens (tertiary/aromatic N) is 2. The Balaban J connectivity index is 1.78. The number of hydrogen-bond donors (Lipinski definition) is 1. The van der Waals surface area contributed by atoms with E-state index in [2.05, 4.69) is 17.2 Å². The molecule has 5 nitrogen and oxygen atoms in total. The number of aromatic nitrogens is 1. The fourth-order valence-corrected chi connectivity index (χ4v) is 4.86. The summed E-state index contributed by atoms with van der Waals surface area (Å²) in [4.78, 5) is 4.90. The van der Waals surface area contributed by atoms with Crippen LogP contribution in [0.4, 0.5) is 5.13 Å². The van der Waals surface area contributed by atoms with Crippen molar-refractivity contribution in [3.05, 3.63) is 29.6 Å². The second-order valence-corrected chi connectivity index (χ2v) is 8.40. The molecule has 1 saturated heterocycles. The van der Waals surface area contributed by atoms with Gasteiger partial charge in [0.25, 0.3) is 0 Å². The summed E-state index contributed by atoms with van der Waals surface area (Å²) in [5.74, 6) is 0. The third-order valence-corrected chi connectivity index (χ3v) is 6.60. The van der Waals surface area contributed by atoms with E-state index in [9.17, 15) is 8.42 Å². The van der Waals surface area contributed by atoms with Crippen LogP contribution in [0.5, 0.6) is 0 Å². The number of thiazole rings is 1. The van der Waals surface area contributed by atoms with Gasteiger partial charge in [0.2, 0.25) is 10.0 Å². The van der Waals surface area contributed by atoms with Crippen LogP contribution >= 0.6 is 11.3 Å². The summed E-state index contributed by atoms with van der Waals surface area (Å²) in [6, 6.07) is 7.03. The van der Waals surface area contributed by atoms with Crippen molar-refractivity contribution < 1.29 is 8.42 Å². The summed E-state index contributed by atoms with van der Waals surface area (Å²) in [6.45, 7) is 4.27. The van der Waals surface area contributed by atoms with Crippen LogP contribution in [0.3, 0.4) is 0 Å². The van der Waals surface area contributed by atoms with E-state index in [1.807, 2.05) is 17.5 Å². The Morgan fingerprint density at radius 3 is 2.57 bits per heavy atom. The van der Waals surface area contributed by atoms with Gasteiger partial charge in [0.15, 0.2) is 5.13 Å². The van der Waals surface area contributed by atoms with Crippen LogP contribution in [-0.2, 0) is 10.0 Å². The van der Waals surface area contributed by atoms with Crippen LogP contribution in [0.15, 0.2) is 34.5 Å². The largest absolute Gasteiger partial charge is 0.362 e. The minimum Gasteiger partial charge on any atom is -0.362 e. The van der Waals surface area contributed by atoms with Gasteiger partial charge in [-0.3, -0.25) is 0 Å². The van der Waals surface area contributed by atoms with Crippen LogP contribution in [0, 0.1) is 0 Å². The highest BCUT2D eigenvalue weighted by Crippen LogP contribution is 2.27. The second-order valence-electron chi connectivity index (χ2n) is 5.60. The molecule has 23 heavy (non-hydrogen) atoms. The van der Waals surface area contributed by atoms with E-state index in [0.717, 1.165) is 42.2 Å². The smallest absolute Gasteiger partial charge is 0.243 e. The molecule has 0 aliphatic carbocycles. The van der Waals surface area contributed by atoms with E-state index in [0.29, 0.717) is 18.0 Å². The van der Waals surface area contributed by atoms with Gasteiger partial charge < -0.3 is 5.32 Å². The normalized spacial score (nSPS) is 15.9. The number of benzene rings is 1. The summed E-state index contributed by atoms with van der Waals surface area (Å²) in [5, 5.41) is 6.15. The molecule has 0 radical (unpaired) electrons. The molecule has 1 aromatic heterocycles. The first-order valence-corrected chi connectivity index (χ1v) is 10.2. The molecule has 7 heteroatoms. The van der Waals surface area contributed by atoms with Crippen molar-refractivity contribution in [3.8, 4) is 11.3 Å². The van der Waals surface area contributed by atoms with Gasteiger partial charge in [-0.25, -0.2) is 13.4 Å². The average Bonchev–Trinajstić information content (AvgIpc) is 3.25. The molecular weight excluding hydrogens is 330 g/mol. The minimum atomic E-state index is -3.34. The van der Waals surface area contributed by atoms with Gasteiger partial charge in [-0.1, -0.05) is 19.1 Å². The first kappa shape index (κ1) is 16.4. The zero-order valence-electron chi connectivity index (χ0n) is 13.2. The topological polar surface area (TPSA) is 62.3 Å². The Labute approximate surface area is 141 Å². The third-order valence-electron chi connectivity index (χ3n) is 3.88. The second kappa shape index (κ2) is 6.98. The predicted octanol–water partition coefficient (Wildman–Crippen LogP) is 3.42. The quantitative estimate of drug-likeness (QED) is 0.866. The molecule has 2 heterocycles. The minimum absolute atomic E-state index is 0.364. The van der Waals surface area contributed by atoms with Gasteiger partial charge in [0.1, 0.15) is 0 Å². The number of sulfonamides is 1. The molecule has 0 amide bonds. The number of nitrogens with one attached hydrogen (secondary N) is 1. The summed E-state index contributed by atoms with van der Waals surface area (Å²) < 4.78 is 26.6. The van der Waals surface area contributed by atoms with Gasteiger partial charge in [-0.2, -0.15) is 4.31 Å². The lowest BCUT2D eigenvalue weighted by atomic mass is 10.2. The van der Waals surface area contributed by atoms with E-state index in [1.54, 1.807) is 27.8 Å². The van der Waals surface area contributed by atoms with Crippen molar-refractivity contribution in [1.29, 1.82) is 0 Å². The van der Waals surface area contributed by atoms with Gasteiger partial charge in [-0.05, 0) is 31.4 Å². The molecule has 0 spiro atoms. The Morgan fingerprint density at radius 1 is 1.22 bits per heavy atom. The molecule has 3 rings (SSSR count). The molecule has 2 aromatic rings. The average molecular weight is 351 g/mol. The molecule has 1 N–H and O–H groups in total. The molecule has 124 valence electrons. The Bertz CT molecular complexity index is 748. The van der Waals surface area contributed by atoms with Crippen molar-refractivity contribution in [3.63, 3.8) is 0 Å². The van der Waals surface area contributed by atoms with Crippen LogP contribution in [0.2, 0.25) is 0 Å². The van der Waals surface area contributed by atoms with Crippen molar-refractivity contribution in [1.82, 2.24) is 9.29 Å². The molecule has 1 aliphatic heterocycles. The van der Waals surface area contributed by atoms with Crippen LogP contribution in [-0.4, -0.2) is 37.3 Å². The predicted molar refractivity (Wildman–Crippen MR) is 94.3 cm³/mol. The number of rotatable bonds is 6. The van der Waals surface area contributed by atoms with E-state index in [-0.39, 0.29) is 0 Å². The van der Waals surface area contributed by atoms with Crippen molar-refractivity contribution in [2.45, 2.75) is 31.1 Å². The maximum absolute atomic E-state index is 12.5. The lowest BCUT2D eigenvalue weighted by molar-refractivity contribution is 0.477. The highest BCUT2D eigenvalue weighted by atomic mass is 32.2. The molecule has 1 aliphatic rings. The summed E-state index contributed by atoms with van der Waals surface area (Å²) >= 11 is 1.57. The monoisotopic (exact) mass is 351 g/mol. The molecule has 0 saturated carbocycles. The van der Waals surface area contributed by atoms with E-state index in [1.165, 1.54) is 0 Å². The lowest BCUT2D eigenvalue weighted by Gasteiger charge is -2.15. The number of hydrogen-bond acceptors (Lipinski definition) is 5. The SMILES string of the molecule is CCCNc1nc(-c2ccc(S(=O)(=O)N3CCCC3)cc2)cs1. The van der Waals surface area contributed by atoms with E-state index < -0.39 is 10.0 Å². The molecule has 1 aromatic carbocycles. The number of anilines is 1. The maximum atomic E-state index is 12.5. The van der Waals surface area contributed by atoms with Gasteiger partial charge in [0, 0.05) is 30.6 Å². The van der Waals surface area contributed by atoms with Crippen molar-refractivity contribution in [2.24, 2.45) is 0 Å². The Hall–Kier alpha value is -1.44. The standard InChI is InChI=1S/C16H21N3O2S2/c1-2-9-17-16-18-15(12-22-16)13-5-7-14(8-6-13)23(20,21)19-10-3-4-11-19/h5-8,12H,2-4,9-11H2,1H3,(H,17,18). The molecule has 0 bridgehead atoms. The molecule has 1 fully saturated rings. The third kappa shape index (κ3) is 3.57. The van der Waals surface area contributed by atoms with Crippen LogP contribution in [0.1, 0.15) is 26.2 Å². The highest BCUT2D eigenvalue weighted by molar-refractivity contribution is 7.89. The van der Waals surface area contributed by atoms with Crippen LogP contribution in [0.25, 0.3) is 11.3 Å². The Morgan fingerprint density at radius 2 is 1.91 bits per heavy atom. The van der Waals surface area contributed by atoms with E-state index in [4.69, 9.17) is 0 Å². The first-order chi connectivity index (χ1) is 11.1. The maximum Gasteiger partial charge on any atom is 0.243 e. The lowest BCUT2D eigenvalue weighted by Crippen LogP contribution is -2.27. The molecule has 0 unspecified atom stereocenters. The Kier molecular flexibility index (Phi) is 4.99. The highest BCUT2D eigenvalue weighted by Gasteiger charge is 2.26. The van der Waals surface area contributed by atoms with Crippen LogP contribution < -0.4 is 5.32 Å². The van der Waals surface area contributed by atoms with Gasteiger partial charge >= 0.3 is 0 Å². The van der Waals surface area contributed by atoms with Gasteiger partial charge in [0.05, 0.1) is 10.6 Å². The fraction of sp³-hybridized carbons (Fsp3) is 0.438. The zero-order chi connectivity index (χ0) is 16.3. The van der Waals surface area contributed by atoms with Crippen molar-refractivity contribution in [2.75, 3.05) is 25.0 Å². The molecule has 0 atom stereocenters.